The van der Waals surface area contributed by atoms with Gasteiger partial charge in [-0.05, 0) is 18.8 Å². The highest BCUT2D eigenvalue weighted by Crippen LogP contribution is 2.23. The Hall–Kier alpha value is -1.02. The minimum atomic E-state index is -2.92. The van der Waals surface area contributed by atoms with Gasteiger partial charge in [-0.15, -0.1) is 10.2 Å². The highest BCUT2D eigenvalue weighted by molar-refractivity contribution is 7.91. The Balaban J connectivity index is 1.84. The minimum Gasteiger partial charge on any atom is -0.301 e. The molecule has 2 heterocycles. The number of aromatic nitrogens is 2. The molecule has 1 fully saturated rings. The van der Waals surface area contributed by atoms with Gasteiger partial charge in [-0.1, -0.05) is 18.3 Å². The number of amides is 1. The zero-order valence-electron chi connectivity index (χ0n) is 10.8. The summed E-state index contributed by atoms with van der Waals surface area (Å²) in [6.07, 6.45) is 2.66. The molecule has 0 bridgehead atoms. The second-order valence-corrected chi connectivity index (χ2v) is 8.06. The van der Waals surface area contributed by atoms with E-state index in [1.807, 2.05) is 0 Å². The molecule has 1 aliphatic heterocycles. The average Bonchev–Trinajstić information content (AvgIpc) is 2.86. The lowest BCUT2D eigenvalue weighted by molar-refractivity contribution is -0.116. The Morgan fingerprint density at radius 1 is 1.47 bits per heavy atom. The van der Waals surface area contributed by atoms with Gasteiger partial charge in [-0.2, -0.15) is 0 Å². The van der Waals surface area contributed by atoms with Gasteiger partial charge in [0, 0.05) is 12.8 Å². The molecule has 0 spiro atoms. The standard InChI is InChI=1S/C11H17N3O3S2/c1-2-3-10-13-14-11(18-10)12-9(15)6-8-4-5-19(16,17)7-8/h8H,2-7H2,1H3,(H,12,14,15). The normalized spacial score (nSPS) is 21.4. The van der Waals surface area contributed by atoms with Crippen LogP contribution < -0.4 is 5.32 Å². The Morgan fingerprint density at radius 2 is 2.26 bits per heavy atom. The van der Waals surface area contributed by atoms with Gasteiger partial charge < -0.3 is 5.32 Å². The maximum absolute atomic E-state index is 11.8. The SMILES string of the molecule is CCCc1nnc(NC(=O)CC2CCS(=O)(=O)C2)s1. The van der Waals surface area contributed by atoms with Gasteiger partial charge in [-0.3, -0.25) is 4.79 Å². The highest BCUT2D eigenvalue weighted by atomic mass is 32.2. The van der Waals surface area contributed by atoms with Crippen molar-refractivity contribution in [3.63, 3.8) is 0 Å². The summed E-state index contributed by atoms with van der Waals surface area (Å²) in [5, 5.41) is 12.0. The number of carbonyl (C=O) groups excluding carboxylic acids is 1. The van der Waals surface area contributed by atoms with E-state index in [9.17, 15) is 13.2 Å². The van der Waals surface area contributed by atoms with Crippen molar-refractivity contribution in [2.75, 3.05) is 16.8 Å². The summed E-state index contributed by atoms with van der Waals surface area (Å²) in [6.45, 7) is 2.06. The van der Waals surface area contributed by atoms with E-state index >= 15 is 0 Å². The van der Waals surface area contributed by atoms with E-state index in [-0.39, 0.29) is 29.8 Å². The Morgan fingerprint density at radius 3 is 2.89 bits per heavy atom. The van der Waals surface area contributed by atoms with E-state index in [1.165, 1.54) is 11.3 Å². The molecule has 1 unspecified atom stereocenters. The minimum absolute atomic E-state index is 0.0620. The first-order valence-electron chi connectivity index (χ1n) is 6.31. The highest BCUT2D eigenvalue weighted by Gasteiger charge is 2.29. The largest absolute Gasteiger partial charge is 0.301 e. The van der Waals surface area contributed by atoms with Crippen molar-refractivity contribution in [2.45, 2.75) is 32.6 Å². The summed E-state index contributed by atoms with van der Waals surface area (Å²) in [5.74, 6) is 0.0801. The molecule has 0 radical (unpaired) electrons. The van der Waals surface area contributed by atoms with Crippen molar-refractivity contribution in [3.8, 4) is 0 Å². The summed E-state index contributed by atoms with van der Waals surface area (Å²) >= 11 is 1.37. The second kappa shape index (κ2) is 5.96. The van der Waals surface area contributed by atoms with Crippen molar-refractivity contribution < 1.29 is 13.2 Å². The monoisotopic (exact) mass is 303 g/mol. The van der Waals surface area contributed by atoms with Crippen LogP contribution in [0.25, 0.3) is 0 Å². The molecule has 1 N–H and O–H groups in total. The van der Waals surface area contributed by atoms with Gasteiger partial charge in [0.25, 0.3) is 0 Å². The molecule has 1 atom stereocenters. The summed E-state index contributed by atoms with van der Waals surface area (Å²) in [7, 11) is -2.92. The van der Waals surface area contributed by atoms with E-state index in [0.717, 1.165) is 17.8 Å². The van der Waals surface area contributed by atoms with Crippen LogP contribution in [0.4, 0.5) is 5.13 Å². The number of rotatable bonds is 5. The smallest absolute Gasteiger partial charge is 0.226 e. The third-order valence-corrected chi connectivity index (χ3v) is 5.71. The Kier molecular flexibility index (Phi) is 4.51. The number of hydrogen-bond acceptors (Lipinski definition) is 6. The molecule has 0 aromatic carbocycles. The number of aryl methyl sites for hydroxylation is 1. The molecule has 0 saturated carbocycles. The second-order valence-electron chi connectivity index (χ2n) is 4.77. The molecule has 2 rings (SSSR count). The van der Waals surface area contributed by atoms with Crippen LogP contribution in [0, 0.1) is 5.92 Å². The maximum Gasteiger partial charge on any atom is 0.226 e. The predicted octanol–water partition coefficient (Wildman–Crippen LogP) is 1.25. The molecule has 106 valence electrons. The topological polar surface area (TPSA) is 89.0 Å². The fraction of sp³-hybridized carbons (Fsp3) is 0.727. The maximum atomic E-state index is 11.8. The van der Waals surface area contributed by atoms with Crippen LogP contribution in [0.15, 0.2) is 0 Å². The summed E-state index contributed by atoms with van der Waals surface area (Å²) in [6, 6.07) is 0. The van der Waals surface area contributed by atoms with Gasteiger partial charge >= 0.3 is 0 Å². The lowest BCUT2D eigenvalue weighted by Crippen LogP contribution is -2.17. The van der Waals surface area contributed by atoms with Crippen LogP contribution in [0.2, 0.25) is 0 Å². The molecular formula is C11H17N3O3S2. The lowest BCUT2D eigenvalue weighted by atomic mass is 10.1. The molecule has 1 saturated heterocycles. The number of hydrogen-bond donors (Lipinski definition) is 1. The molecule has 1 amide bonds. The van der Waals surface area contributed by atoms with Crippen LogP contribution in [0.5, 0.6) is 0 Å². The van der Waals surface area contributed by atoms with E-state index in [0.29, 0.717) is 11.6 Å². The van der Waals surface area contributed by atoms with Crippen molar-refractivity contribution in [1.29, 1.82) is 0 Å². The Bertz CT molecular complexity index is 553. The average molecular weight is 303 g/mol. The van der Waals surface area contributed by atoms with Crippen molar-refractivity contribution >= 4 is 32.2 Å². The molecule has 1 aromatic heterocycles. The summed E-state index contributed by atoms with van der Waals surface area (Å²) in [5.41, 5.74) is 0. The van der Waals surface area contributed by atoms with Crippen LogP contribution >= 0.6 is 11.3 Å². The summed E-state index contributed by atoms with van der Waals surface area (Å²) in [4.78, 5) is 11.8. The summed E-state index contributed by atoms with van der Waals surface area (Å²) < 4.78 is 22.6. The van der Waals surface area contributed by atoms with E-state index in [1.54, 1.807) is 0 Å². The first kappa shape index (κ1) is 14.4. The van der Waals surface area contributed by atoms with Crippen LogP contribution in [-0.2, 0) is 21.1 Å². The Labute approximate surface area is 116 Å². The van der Waals surface area contributed by atoms with Gasteiger partial charge in [0.1, 0.15) is 5.01 Å². The van der Waals surface area contributed by atoms with Crippen LogP contribution in [0.1, 0.15) is 31.2 Å². The third kappa shape index (κ3) is 4.24. The van der Waals surface area contributed by atoms with E-state index < -0.39 is 9.84 Å². The predicted molar refractivity (Wildman–Crippen MR) is 73.9 cm³/mol. The third-order valence-electron chi connectivity index (χ3n) is 2.98. The quantitative estimate of drug-likeness (QED) is 0.884. The van der Waals surface area contributed by atoms with Crippen LogP contribution in [-0.4, -0.2) is 36.0 Å². The molecule has 8 heteroatoms. The molecule has 1 aromatic rings. The zero-order valence-corrected chi connectivity index (χ0v) is 12.4. The fourth-order valence-corrected chi connectivity index (χ4v) is 4.80. The number of nitrogens with one attached hydrogen (secondary N) is 1. The van der Waals surface area contributed by atoms with Crippen molar-refractivity contribution in [3.05, 3.63) is 5.01 Å². The molecular weight excluding hydrogens is 286 g/mol. The van der Waals surface area contributed by atoms with Gasteiger partial charge in [0.2, 0.25) is 11.0 Å². The van der Waals surface area contributed by atoms with Gasteiger partial charge in [0.05, 0.1) is 11.5 Å². The molecule has 0 aliphatic carbocycles. The van der Waals surface area contributed by atoms with Crippen LogP contribution in [0.3, 0.4) is 0 Å². The first-order chi connectivity index (χ1) is 8.98. The first-order valence-corrected chi connectivity index (χ1v) is 8.95. The van der Waals surface area contributed by atoms with Gasteiger partial charge in [-0.25, -0.2) is 8.42 Å². The van der Waals surface area contributed by atoms with E-state index in [2.05, 4.69) is 22.4 Å². The van der Waals surface area contributed by atoms with Gasteiger partial charge in [0.15, 0.2) is 9.84 Å². The molecule has 6 nitrogen and oxygen atoms in total. The fourth-order valence-electron chi connectivity index (χ4n) is 2.08. The van der Waals surface area contributed by atoms with E-state index in [4.69, 9.17) is 0 Å². The number of carbonyl (C=O) groups is 1. The molecule has 19 heavy (non-hydrogen) atoms. The van der Waals surface area contributed by atoms with Crippen molar-refractivity contribution in [2.24, 2.45) is 5.92 Å². The number of nitrogens with zero attached hydrogens (tertiary/aromatic N) is 2. The molecule has 1 aliphatic rings. The number of sulfone groups is 1. The number of anilines is 1. The van der Waals surface area contributed by atoms with Crippen molar-refractivity contribution in [1.82, 2.24) is 10.2 Å². The lowest BCUT2D eigenvalue weighted by Gasteiger charge is -2.05. The zero-order chi connectivity index (χ0) is 13.9.